The van der Waals surface area contributed by atoms with Gasteiger partial charge < -0.3 is 14.2 Å². The first-order chi connectivity index (χ1) is 10.4. The SMILES string of the molecule is CCCCN(C)C(=O)n1c(=O)nc(N(C)CCCC)oc1=O. The molecule has 0 saturated heterocycles. The molecule has 8 nitrogen and oxygen atoms in total. The average molecular weight is 312 g/mol. The van der Waals surface area contributed by atoms with Crippen LogP contribution in [0, 0.1) is 0 Å². The summed E-state index contributed by atoms with van der Waals surface area (Å²) in [5, 5.41) is 0. The first kappa shape index (κ1) is 17.9. The van der Waals surface area contributed by atoms with Crippen molar-refractivity contribution >= 4 is 12.0 Å². The summed E-state index contributed by atoms with van der Waals surface area (Å²) in [6.07, 6.45) is 3.53. The number of hydrogen-bond donors (Lipinski definition) is 0. The summed E-state index contributed by atoms with van der Waals surface area (Å²) in [6.45, 7) is 5.08. The normalized spacial score (nSPS) is 10.5. The third-order valence-electron chi connectivity index (χ3n) is 3.28. The van der Waals surface area contributed by atoms with Gasteiger partial charge in [0.1, 0.15) is 0 Å². The van der Waals surface area contributed by atoms with Gasteiger partial charge in [-0.3, -0.25) is 0 Å². The van der Waals surface area contributed by atoms with Crippen LogP contribution in [0.25, 0.3) is 0 Å². The molecule has 0 spiro atoms. The molecule has 0 fully saturated rings. The van der Waals surface area contributed by atoms with E-state index in [9.17, 15) is 14.4 Å². The molecule has 0 aliphatic carbocycles. The van der Waals surface area contributed by atoms with Crippen molar-refractivity contribution in [3.05, 3.63) is 21.0 Å². The molecule has 1 amide bonds. The lowest BCUT2D eigenvalue weighted by atomic mass is 10.3. The van der Waals surface area contributed by atoms with E-state index in [2.05, 4.69) is 4.98 Å². The molecule has 22 heavy (non-hydrogen) atoms. The molecule has 124 valence electrons. The van der Waals surface area contributed by atoms with Crippen LogP contribution in [-0.2, 0) is 0 Å². The summed E-state index contributed by atoms with van der Waals surface area (Å²) in [7, 11) is 3.21. The zero-order chi connectivity index (χ0) is 16.7. The Kier molecular flexibility index (Phi) is 6.81. The van der Waals surface area contributed by atoms with Gasteiger partial charge in [-0.05, 0) is 12.8 Å². The van der Waals surface area contributed by atoms with Crippen LogP contribution in [-0.4, -0.2) is 47.7 Å². The molecule has 0 aliphatic rings. The lowest BCUT2D eigenvalue weighted by Gasteiger charge is -2.18. The van der Waals surface area contributed by atoms with Gasteiger partial charge in [-0.15, -0.1) is 9.55 Å². The molecule has 1 rings (SSSR count). The van der Waals surface area contributed by atoms with Crippen molar-refractivity contribution in [1.29, 1.82) is 0 Å². The van der Waals surface area contributed by atoms with Crippen LogP contribution in [0.3, 0.4) is 0 Å². The second-order valence-corrected chi connectivity index (χ2v) is 5.21. The van der Waals surface area contributed by atoms with Crippen LogP contribution in [0.4, 0.5) is 10.8 Å². The lowest BCUT2D eigenvalue weighted by Crippen LogP contribution is -2.46. The number of aromatic nitrogens is 2. The van der Waals surface area contributed by atoms with E-state index in [1.807, 2.05) is 13.8 Å². The van der Waals surface area contributed by atoms with Gasteiger partial charge in [-0.25, -0.2) is 14.4 Å². The Morgan fingerprint density at radius 2 is 1.73 bits per heavy atom. The Balaban J connectivity index is 3.02. The number of carbonyl (C=O) groups excluding carboxylic acids is 1. The number of amides is 1. The van der Waals surface area contributed by atoms with Gasteiger partial charge in [0.25, 0.3) is 0 Å². The Morgan fingerprint density at radius 1 is 1.14 bits per heavy atom. The van der Waals surface area contributed by atoms with Crippen molar-refractivity contribution in [2.75, 3.05) is 32.1 Å². The maximum atomic E-state index is 12.1. The third kappa shape index (κ3) is 4.44. The lowest BCUT2D eigenvalue weighted by molar-refractivity contribution is 0.203. The number of anilines is 1. The fourth-order valence-electron chi connectivity index (χ4n) is 1.83. The van der Waals surface area contributed by atoms with Gasteiger partial charge in [0.2, 0.25) is 0 Å². The van der Waals surface area contributed by atoms with Crippen molar-refractivity contribution in [2.45, 2.75) is 39.5 Å². The van der Waals surface area contributed by atoms with Crippen molar-refractivity contribution in [1.82, 2.24) is 14.5 Å². The Labute approximate surface area is 129 Å². The van der Waals surface area contributed by atoms with Crippen LogP contribution < -0.4 is 16.3 Å². The molecule has 1 aromatic rings. The average Bonchev–Trinajstić information content (AvgIpc) is 2.49. The number of nitrogens with zero attached hydrogens (tertiary/aromatic N) is 4. The molecule has 0 radical (unpaired) electrons. The molecular weight excluding hydrogens is 288 g/mol. The fourth-order valence-corrected chi connectivity index (χ4v) is 1.83. The zero-order valence-corrected chi connectivity index (χ0v) is 13.7. The van der Waals surface area contributed by atoms with Crippen LogP contribution >= 0.6 is 0 Å². The van der Waals surface area contributed by atoms with Crippen molar-refractivity contribution in [2.24, 2.45) is 0 Å². The first-order valence-corrected chi connectivity index (χ1v) is 7.53. The molecule has 1 heterocycles. The van der Waals surface area contributed by atoms with Gasteiger partial charge in [0.05, 0.1) is 0 Å². The maximum absolute atomic E-state index is 12.1. The zero-order valence-electron chi connectivity index (χ0n) is 13.7. The van der Waals surface area contributed by atoms with Gasteiger partial charge in [0.15, 0.2) is 0 Å². The fraction of sp³-hybridized carbons (Fsp3) is 0.714. The van der Waals surface area contributed by atoms with E-state index in [4.69, 9.17) is 4.42 Å². The van der Waals surface area contributed by atoms with Crippen LogP contribution in [0.2, 0.25) is 0 Å². The number of unbranched alkanes of at least 4 members (excludes halogenated alkanes) is 2. The first-order valence-electron chi connectivity index (χ1n) is 7.53. The highest BCUT2D eigenvalue weighted by Gasteiger charge is 2.20. The molecule has 0 bridgehead atoms. The minimum atomic E-state index is -1.01. The Bertz CT molecular complexity index is 576. The predicted octanol–water partition coefficient (Wildman–Crippen LogP) is 1.13. The minimum absolute atomic E-state index is 0.0660. The topological polar surface area (TPSA) is 88.7 Å². The molecule has 0 N–H and O–H groups in total. The van der Waals surface area contributed by atoms with Crippen LogP contribution in [0.1, 0.15) is 39.5 Å². The Hall–Kier alpha value is -2.12. The van der Waals surface area contributed by atoms with E-state index in [0.29, 0.717) is 17.7 Å². The van der Waals surface area contributed by atoms with E-state index in [-0.39, 0.29) is 6.01 Å². The number of rotatable bonds is 7. The quantitative estimate of drug-likeness (QED) is 0.750. The maximum Gasteiger partial charge on any atom is 0.434 e. The summed E-state index contributed by atoms with van der Waals surface area (Å²) in [5.41, 5.74) is -0.914. The van der Waals surface area contributed by atoms with Gasteiger partial charge in [-0.1, -0.05) is 26.7 Å². The van der Waals surface area contributed by atoms with Crippen molar-refractivity contribution in [3.8, 4) is 0 Å². The van der Waals surface area contributed by atoms with E-state index >= 15 is 0 Å². The molecule has 0 saturated carbocycles. The smallest absolute Gasteiger partial charge is 0.375 e. The second-order valence-electron chi connectivity index (χ2n) is 5.21. The third-order valence-corrected chi connectivity index (χ3v) is 3.28. The van der Waals surface area contributed by atoms with Crippen LogP contribution in [0.5, 0.6) is 0 Å². The highest BCUT2D eigenvalue weighted by atomic mass is 16.4. The second kappa shape index (κ2) is 8.35. The summed E-state index contributed by atoms with van der Waals surface area (Å²) < 4.78 is 5.42. The number of hydrogen-bond acceptors (Lipinski definition) is 6. The highest BCUT2D eigenvalue weighted by molar-refractivity contribution is 5.75. The summed E-state index contributed by atoms with van der Waals surface area (Å²) >= 11 is 0. The summed E-state index contributed by atoms with van der Waals surface area (Å²) in [5.74, 6) is -1.01. The van der Waals surface area contributed by atoms with Gasteiger partial charge >= 0.3 is 23.5 Å². The standard InChI is InChI=1S/C14H24N4O4/c1-5-7-9-16(3)12-15-11(19)18(14(21)22-12)13(20)17(4)10-8-6-2/h5-10H2,1-4H3. The van der Waals surface area contributed by atoms with Crippen LogP contribution in [0.15, 0.2) is 14.0 Å². The predicted molar refractivity (Wildman–Crippen MR) is 83.5 cm³/mol. The number of carbonyl (C=O) groups is 1. The molecule has 0 atom stereocenters. The molecule has 0 aliphatic heterocycles. The summed E-state index contributed by atoms with van der Waals surface area (Å²) in [6, 6.07) is -0.786. The van der Waals surface area contributed by atoms with E-state index in [1.54, 1.807) is 11.9 Å². The molecule has 1 aromatic heterocycles. The molecule has 0 aromatic carbocycles. The van der Waals surface area contributed by atoms with E-state index in [0.717, 1.165) is 25.7 Å². The molecular formula is C14H24N4O4. The highest BCUT2D eigenvalue weighted by Crippen LogP contribution is 2.04. The molecule has 0 unspecified atom stereocenters. The largest absolute Gasteiger partial charge is 0.434 e. The van der Waals surface area contributed by atoms with Gasteiger partial charge in [0, 0.05) is 27.2 Å². The van der Waals surface area contributed by atoms with Gasteiger partial charge in [-0.2, -0.15) is 0 Å². The summed E-state index contributed by atoms with van der Waals surface area (Å²) in [4.78, 5) is 42.6. The van der Waals surface area contributed by atoms with Crippen molar-refractivity contribution in [3.63, 3.8) is 0 Å². The minimum Gasteiger partial charge on any atom is -0.375 e. The van der Waals surface area contributed by atoms with E-state index in [1.165, 1.54) is 11.9 Å². The monoisotopic (exact) mass is 312 g/mol. The van der Waals surface area contributed by atoms with E-state index < -0.39 is 17.5 Å². The Morgan fingerprint density at radius 3 is 2.27 bits per heavy atom. The van der Waals surface area contributed by atoms with Crippen molar-refractivity contribution < 1.29 is 9.21 Å². The molecule has 8 heteroatoms.